The Kier molecular flexibility index (Phi) is 2.49. The first-order chi connectivity index (χ1) is 7.63. The fourth-order valence-electron chi connectivity index (χ4n) is 1.32. The Morgan fingerprint density at radius 3 is 2.94 bits per heavy atom. The molecule has 0 spiro atoms. The van der Waals surface area contributed by atoms with Gasteiger partial charge in [-0.2, -0.15) is 4.98 Å². The van der Waals surface area contributed by atoms with Gasteiger partial charge in [-0.15, -0.1) is 0 Å². The molecule has 16 heavy (non-hydrogen) atoms. The number of nitro benzene ring substituents is 1. The highest BCUT2D eigenvalue weighted by atomic mass is 32.2. The lowest BCUT2D eigenvalue weighted by Crippen LogP contribution is -1.86. The van der Waals surface area contributed by atoms with E-state index < -0.39 is 15.4 Å². The van der Waals surface area contributed by atoms with Crippen molar-refractivity contribution in [1.82, 2.24) is 4.98 Å². The molecule has 1 atom stereocenters. The van der Waals surface area contributed by atoms with Crippen molar-refractivity contribution in [1.29, 1.82) is 0 Å². The summed E-state index contributed by atoms with van der Waals surface area (Å²) in [7, 11) is -0.740. The lowest BCUT2D eigenvalue weighted by atomic mass is 10.3. The molecule has 1 unspecified atom stereocenters. The molecule has 1 aromatic heterocycles. The first-order valence-electron chi connectivity index (χ1n) is 4.35. The van der Waals surface area contributed by atoms with Gasteiger partial charge >= 0.3 is 5.12 Å². The molecule has 0 bridgehead atoms. The van der Waals surface area contributed by atoms with Crippen LogP contribution in [-0.4, -0.2) is 15.0 Å². The second-order valence-electron chi connectivity index (χ2n) is 3.00. The molecule has 2 rings (SSSR count). The zero-order chi connectivity index (χ0) is 11.7. The minimum atomic E-state index is -0.740. The minimum absolute atomic E-state index is 0.0209. The third-order valence-electron chi connectivity index (χ3n) is 2.07. The van der Waals surface area contributed by atoms with Gasteiger partial charge in [0.25, 0.3) is 5.69 Å². The summed E-state index contributed by atoms with van der Waals surface area (Å²) in [6.07, 6.45) is 1.24. The minimum Gasteiger partial charge on any atom is -0.258 e. The zero-order valence-corrected chi connectivity index (χ0v) is 8.94. The van der Waals surface area contributed by atoms with Crippen LogP contribution in [0.25, 0.3) is 10.2 Å². The van der Waals surface area contributed by atoms with Crippen molar-refractivity contribution in [3.63, 3.8) is 0 Å². The van der Waals surface area contributed by atoms with Crippen molar-refractivity contribution < 1.29 is 9.72 Å². The van der Waals surface area contributed by atoms with Crippen molar-refractivity contribution >= 4 is 31.5 Å². The summed E-state index contributed by atoms with van der Waals surface area (Å²) in [5, 5.41) is 10.4. The topological polar surface area (TPSA) is 73.1 Å². The summed E-state index contributed by atoms with van der Waals surface area (Å²) < 4.78 is 0.718. The normalized spacial score (nSPS) is 11.4. The number of hydrogen-bond donors (Lipinski definition) is 0. The molecule has 5 nitrogen and oxygen atoms in total. The number of non-ortho nitro benzene ring substituents is 1. The molecule has 0 saturated carbocycles. The van der Waals surface area contributed by atoms with Crippen LogP contribution >= 0.6 is 10.5 Å². The lowest BCUT2D eigenvalue weighted by Gasteiger charge is -1.88. The predicted octanol–water partition coefficient (Wildman–Crippen LogP) is 2.72. The number of carbonyl (C=O) groups excluding carboxylic acids is 1. The number of rotatable bonds is 3. The van der Waals surface area contributed by atoms with Crippen molar-refractivity contribution in [3.8, 4) is 0 Å². The van der Waals surface area contributed by atoms with Gasteiger partial charge in [-0.05, 0) is 0 Å². The molecule has 80 valence electrons. The Morgan fingerprint density at radius 1 is 1.56 bits per heavy atom. The SMILES string of the molecule is C=CC(=O)[s+]1cnc2cc([N+](=O)[O-])ccc21. The standard InChI is InChI=1S/C10H7N2O3S/c1-2-10(13)16-6-11-8-5-7(12(14)15)3-4-9(8)16/h2-6H,1H2/q+1. The predicted molar refractivity (Wildman–Crippen MR) is 61.7 cm³/mol. The molecule has 0 aliphatic rings. The Hall–Kier alpha value is -2.08. The molecule has 0 N–H and O–H groups in total. The first kappa shape index (κ1) is 10.4. The number of nitrogens with zero attached hydrogens (tertiary/aromatic N) is 2. The summed E-state index contributed by atoms with van der Waals surface area (Å²) in [6, 6.07) is 4.32. The van der Waals surface area contributed by atoms with Gasteiger partial charge in [0.05, 0.1) is 15.4 Å². The molecule has 2 aromatic rings. The molecule has 0 amide bonds. The Bertz CT molecular complexity index is 603. The third-order valence-corrected chi connectivity index (χ3v) is 3.81. The maximum absolute atomic E-state index is 11.5. The first-order valence-corrected chi connectivity index (χ1v) is 5.64. The molecule has 1 heterocycles. The Morgan fingerprint density at radius 2 is 2.31 bits per heavy atom. The highest BCUT2D eigenvalue weighted by Crippen LogP contribution is 2.32. The van der Waals surface area contributed by atoms with E-state index in [0.29, 0.717) is 5.52 Å². The van der Waals surface area contributed by atoms with Gasteiger partial charge in [-0.25, -0.2) is 4.79 Å². The summed E-state index contributed by atoms with van der Waals surface area (Å²) in [6.45, 7) is 3.41. The van der Waals surface area contributed by atoms with Gasteiger partial charge in [0.2, 0.25) is 10.2 Å². The summed E-state index contributed by atoms with van der Waals surface area (Å²) >= 11 is 0. The van der Waals surface area contributed by atoms with Crippen molar-refractivity contribution in [2.24, 2.45) is 0 Å². The van der Waals surface area contributed by atoms with Gasteiger partial charge in [0, 0.05) is 24.3 Å². The molecule has 6 heteroatoms. The van der Waals surface area contributed by atoms with Crippen molar-refractivity contribution in [2.45, 2.75) is 0 Å². The average molecular weight is 235 g/mol. The van der Waals surface area contributed by atoms with E-state index in [1.165, 1.54) is 23.7 Å². The van der Waals surface area contributed by atoms with Crippen LogP contribution in [0.15, 0.2) is 36.4 Å². The van der Waals surface area contributed by atoms with E-state index in [0.717, 1.165) is 4.70 Å². The highest BCUT2D eigenvalue weighted by molar-refractivity contribution is 7.55. The van der Waals surface area contributed by atoms with E-state index in [2.05, 4.69) is 11.6 Å². The van der Waals surface area contributed by atoms with Crippen LogP contribution in [-0.2, 0) is 0 Å². The third kappa shape index (κ3) is 1.59. The molecule has 0 saturated heterocycles. The number of nitro groups is 1. The van der Waals surface area contributed by atoms with E-state index in [9.17, 15) is 14.9 Å². The summed E-state index contributed by atoms with van der Waals surface area (Å²) in [5.41, 5.74) is 1.98. The number of allylic oxidation sites excluding steroid dienone is 1. The number of thiazole rings is 1. The van der Waals surface area contributed by atoms with Crippen LogP contribution in [0.5, 0.6) is 0 Å². The molecular weight excluding hydrogens is 228 g/mol. The molecule has 0 aliphatic heterocycles. The van der Waals surface area contributed by atoms with Gasteiger partial charge in [0.15, 0.2) is 0 Å². The van der Waals surface area contributed by atoms with E-state index in [4.69, 9.17) is 0 Å². The van der Waals surface area contributed by atoms with Crippen molar-refractivity contribution in [3.05, 3.63) is 46.5 Å². The zero-order valence-electron chi connectivity index (χ0n) is 8.12. The van der Waals surface area contributed by atoms with E-state index in [-0.39, 0.29) is 10.8 Å². The van der Waals surface area contributed by atoms with Crippen LogP contribution in [0.1, 0.15) is 4.79 Å². The number of carbonyl (C=O) groups is 1. The quantitative estimate of drug-likeness (QED) is 0.355. The van der Waals surface area contributed by atoms with Crippen LogP contribution in [0.3, 0.4) is 0 Å². The van der Waals surface area contributed by atoms with Gasteiger partial charge < -0.3 is 0 Å². The van der Waals surface area contributed by atoms with Crippen molar-refractivity contribution in [2.75, 3.05) is 0 Å². The molecule has 1 aromatic carbocycles. The van der Waals surface area contributed by atoms with E-state index in [1.807, 2.05) is 0 Å². The fourth-order valence-corrected chi connectivity index (χ4v) is 2.71. The van der Waals surface area contributed by atoms with Crippen LogP contribution in [0.2, 0.25) is 0 Å². The average Bonchev–Trinajstić information content (AvgIpc) is 2.70. The van der Waals surface area contributed by atoms with Crippen LogP contribution in [0.4, 0.5) is 5.69 Å². The second-order valence-corrected chi connectivity index (χ2v) is 4.73. The second kappa shape index (κ2) is 3.82. The lowest BCUT2D eigenvalue weighted by molar-refractivity contribution is -0.384. The number of fused-ring (bicyclic) bond motifs is 1. The maximum Gasteiger partial charge on any atom is 0.380 e. The van der Waals surface area contributed by atoms with Gasteiger partial charge in [-0.1, -0.05) is 6.58 Å². The fraction of sp³-hybridized carbons (Fsp3) is 0. The molecule has 0 radical (unpaired) electrons. The summed E-state index contributed by atoms with van der Waals surface area (Å²) in [4.78, 5) is 25.5. The molecule has 0 aliphatic carbocycles. The number of hydrogen-bond acceptors (Lipinski definition) is 4. The van der Waals surface area contributed by atoms with Crippen LogP contribution in [0, 0.1) is 10.1 Å². The highest BCUT2D eigenvalue weighted by Gasteiger charge is 2.22. The number of aromatic nitrogens is 1. The largest absolute Gasteiger partial charge is 0.380 e. The Balaban J connectivity index is 2.63. The number of benzene rings is 1. The monoisotopic (exact) mass is 235 g/mol. The van der Waals surface area contributed by atoms with Crippen LogP contribution < -0.4 is 0 Å². The van der Waals surface area contributed by atoms with E-state index in [1.54, 1.807) is 6.07 Å². The maximum atomic E-state index is 11.5. The van der Waals surface area contributed by atoms with Gasteiger partial charge in [0.1, 0.15) is 5.52 Å². The molecular formula is C10H7N2O3S+. The van der Waals surface area contributed by atoms with E-state index >= 15 is 0 Å². The van der Waals surface area contributed by atoms with Gasteiger partial charge in [-0.3, -0.25) is 10.1 Å². The summed E-state index contributed by atoms with van der Waals surface area (Å²) in [5.74, 6) is 0. The molecule has 0 fully saturated rings. The smallest absolute Gasteiger partial charge is 0.258 e. The Labute approximate surface area is 93.2 Å².